The van der Waals surface area contributed by atoms with Crippen molar-refractivity contribution in [3.63, 3.8) is 0 Å². The monoisotopic (exact) mass is 351 g/mol. The molecule has 4 aromatic rings. The Bertz CT molecular complexity index is 1080. The molecule has 2 heterocycles. The van der Waals surface area contributed by atoms with Crippen LogP contribution in [0.25, 0.3) is 16.8 Å². The van der Waals surface area contributed by atoms with Crippen LogP contribution in [0.3, 0.4) is 0 Å². The summed E-state index contributed by atoms with van der Waals surface area (Å²) < 4.78 is 11.7. The molecule has 0 aliphatic carbocycles. The number of imidazole rings is 1. The van der Waals surface area contributed by atoms with Crippen LogP contribution in [-0.4, -0.2) is 39.8 Å². The quantitative estimate of drug-likeness (QED) is 0.537. The maximum Gasteiger partial charge on any atom is 0.309 e. The Morgan fingerprint density at radius 2 is 1.96 bits per heavy atom. The van der Waals surface area contributed by atoms with Crippen LogP contribution in [0.4, 0.5) is 11.6 Å². The molecule has 2 aromatic heterocycles. The van der Waals surface area contributed by atoms with Crippen LogP contribution in [-0.2, 0) is 16.0 Å². The molecule has 2 aromatic carbocycles. The molecule has 0 aliphatic heterocycles. The topological polar surface area (TPSA) is 93.5 Å². The molecule has 0 amide bonds. The number of hydrogen-bond donors (Lipinski definition) is 2. The number of aromatic nitrogens is 4. The first kappa shape index (κ1) is 15.9. The Balaban J connectivity index is 1.56. The van der Waals surface area contributed by atoms with Gasteiger partial charge in [0.2, 0.25) is 5.95 Å². The van der Waals surface area contributed by atoms with E-state index in [0.29, 0.717) is 11.7 Å². The highest BCUT2D eigenvalue weighted by Gasteiger charge is 2.11. The van der Waals surface area contributed by atoms with Gasteiger partial charge in [-0.3, -0.25) is 9.89 Å². The minimum Gasteiger partial charge on any atom is -0.497 e. The fraction of sp³-hybridized carbons (Fsp3) is 0.167. The lowest BCUT2D eigenvalue weighted by atomic mass is 10.1. The summed E-state index contributed by atoms with van der Waals surface area (Å²) in [7, 11) is 3.01. The molecule has 2 N–H and O–H groups in total. The van der Waals surface area contributed by atoms with Crippen molar-refractivity contribution in [3.05, 3.63) is 48.0 Å². The lowest BCUT2D eigenvalue weighted by molar-refractivity contribution is -0.139. The van der Waals surface area contributed by atoms with Crippen LogP contribution in [0.1, 0.15) is 5.56 Å². The highest BCUT2D eigenvalue weighted by molar-refractivity contribution is 5.81. The first-order chi connectivity index (χ1) is 12.7. The van der Waals surface area contributed by atoms with Gasteiger partial charge in [-0.25, -0.2) is 9.50 Å². The molecule has 0 bridgehead atoms. The minimum absolute atomic E-state index is 0.251. The molecule has 0 radical (unpaired) electrons. The van der Waals surface area contributed by atoms with Gasteiger partial charge in [0, 0.05) is 11.8 Å². The highest BCUT2D eigenvalue weighted by Crippen LogP contribution is 2.22. The molecular weight excluding hydrogens is 334 g/mol. The van der Waals surface area contributed by atoms with E-state index in [0.717, 1.165) is 28.0 Å². The molecule has 0 unspecified atom stereocenters. The van der Waals surface area contributed by atoms with Crippen molar-refractivity contribution in [3.8, 4) is 5.75 Å². The third kappa shape index (κ3) is 2.92. The molecule has 0 aliphatic rings. The van der Waals surface area contributed by atoms with Crippen molar-refractivity contribution in [2.75, 3.05) is 19.5 Å². The van der Waals surface area contributed by atoms with Gasteiger partial charge in [0.25, 0.3) is 5.78 Å². The number of ether oxygens (including phenoxy) is 2. The Kier molecular flexibility index (Phi) is 3.92. The van der Waals surface area contributed by atoms with Crippen molar-refractivity contribution in [1.82, 2.24) is 19.6 Å². The normalized spacial score (nSPS) is 11.0. The fourth-order valence-corrected chi connectivity index (χ4v) is 2.73. The average molecular weight is 351 g/mol. The summed E-state index contributed by atoms with van der Waals surface area (Å²) >= 11 is 0. The smallest absolute Gasteiger partial charge is 0.309 e. The summed E-state index contributed by atoms with van der Waals surface area (Å²) in [5, 5.41) is 6.37. The van der Waals surface area contributed by atoms with Crippen LogP contribution in [0.15, 0.2) is 42.5 Å². The SMILES string of the molecule is COC(=O)Cc1ccc(Nc2nc3nc4cc(OC)ccc4n3[nH]2)cc1. The number of benzene rings is 2. The van der Waals surface area contributed by atoms with Crippen molar-refractivity contribution in [2.24, 2.45) is 0 Å². The van der Waals surface area contributed by atoms with Crippen molar-refractivity contribution in [2.45, 2.75) is 6.42 Å². The third-order valence-corrected chi connectivity index (χ3v) is 4.07. The van der Waals surface area contributed by atoms with Gasteiger partial charge in [-0.15, -0.1) is 0 Å². The Hall–Kier alpha value is -3.55. The minimum atomic E-state index is -0.263. The number of hydrogen-bond acceptors (Lipinski definition) is 6. The summed E-state index contributed by atoms with van der Waals surface area (Å²) in [5.41, 5.74) is 3.45. The maximum atomic E-state index is 11.3. The number of anilines is 2. The van der Waals surface area contributed by atoms with Crippen molar-refractivity contribution < 1.29 is 14.3 Å². The number of esters is 1. The molecular formula is C18H17N5O3. The second-order valence-electron chi connectivity index (χ2n) is 5.75. The van der Waals surface area contributed by atoms with E-state index >= 15 is 0 Å². The van der Waals surface area contributed by atoms with E-state index in [4.69, 9.17) is 4.74 Å². The first-order valence-electron chi connectivity index (χ1n) is 8.01. The summed E-state index contributed by atoms with van der Waals surface area (Å²) in [4.78, 5) is 20.3. The molecule has 4 rings (SSSR count). The lowest BCUT2D eigenvalue weighted by Gasteiger charge is -2.04. The zero-order valence-corrected chi connectivity index (χ0v) is 14.3. The summed E-state index contributed by atoms with van der Waals surface area (Å²) in [6.07, 6.45) is 0.251. The Labute approximate surface area is 148 Å². The van der Waals surface area contributed by atoms with Crippen LogP contribution in [0, 0.1) is 0 Å². The molecule has 0 spiro atoms. The van der Waals surface area contributed by atoms with Crippen molar-refractivity contribution >= 4 is 34.4 Å². The van der Waals surface area contributed by atoms with Gasteiger partial charge in [0.05, 0.1) is 31.7 Å². The number of nitrogens with zero attached hydrogens (tertiary/aromatic N) is 3. The van der Waals surface area contributed by atoms with E-state index < -0.39 is 0 Å². The third-order valence-electron chi connectivity index (χ3n) is 4.07. The second-order valence-corrected chi connectivity index (χ2v) is 5.75. The lowest BCUT2D eigenvalue weighted by Crippen LogP contribution is -2.04. The molecule has 26 heavy (non-hydrogen) atoms. The van der Waals surface area contributed by atoms with Gasteiger partial charge in [-0.2, -0.15) is 4.98 Å². The van der Waals surface area contributed by atoms with Gasteiger partial charge in [0.1, 0.15) is 5.75 Å². The van der Waals surface area contributed by atoms with E-state index in [1.165, 1.54) is 7.11 Å². The van der Waals surface area contributed by atoms with Gasteiger partial charge in [0.15, 0.2) is 0 Å². The second kappa shape index (κ2) is 6.40. The Morgan fingerprint density at radius 1 is 1.15 bits per heavy atom. The predicted molar refractivity (Wildman–Crippen MR) is 96.8 cm³/mol. The molecule has 8 heteroatoms. The largest absolute Gasteiger partial charge is 0.497 e. The summed E-state index contributed by atoms with van der Waals surface area (Å²) in [6.45, 7) is 0. The van der Waals surface area contributed by atoms with Crippen LogP contribution in [0.5, 0.6) is 5.75 Å². The average Bonchev–Trinajstić information content (AvgIpc) is 3.19. The molecule has 0 fully saturated rings. The number of carbonyl (C=O) groups excluding carboxylic acids is 1. The van der Waals surface area contributed by atoms with E-state index in [1.54, 1.807) is 7.11 Å². The molecule has 0 saturated carbocycles. The standard InChI is InChI=1S/C18H17N5O3/c1-25-13-7-8-15-14(10-13)20-18-21-17(22-23(15)18)19-12-5-3-11(4-6-12)9-16(24)26-2/h3-8,10H,9H2,1-2H3,(H2,19,20,21,22). The predicted octanol–water partition coefficient (Wildman–Crippen LogP) is 2.68. The van der Waals surface area contributed by atoms with Crippen molar-refractivity contribution in [1.29, 1.82) is 0 Å². The van der Waals surface area contributed by atoms with E-state index in [-0.39, 0.29) is 12.4 Å². The van der Waals surface area contributed by atoms with Gasteiger partial charge in [-0.1, -0.05) is 12.1 Å². The molecule has 0 saturated heterocycles. The number of methoxy groups -OCH3 is 2. The van der Waals surface area contributed by atoms with Gasteiger partial charge in [-0.05, 0) is 29.8 Å². The van der Waals surface area contributed by atoms with Gasteiger partial charge < -0.3 is 14.8 Å². The zero-order valence-electron chi connectivity index (χ0n) is 14.3. The number of nitrogens with one attached hydrogen (secondary N) is 2. The van der Waals surface area contributed by atoms with E-state index in [2.05, 4.69) is 25.1 Å². The molecule has 0 atom stereocenters. The number of rotatable bonds is 5. The number of aromatic amines is 1. The Morgan fingerprint density at radius 3 is 2.69 bits per heavy atom. The maximum absolute atomic E-state index is 11.3. The van der Waals surface area contributed by atoms with Crippen LogP contribution in [0.2, 0.25) is 0 Å². The molecule has 8 nitrogen and oxygen atoms in total. The first-order valence-corrected chi connectivity index (χ1v) is 8.01. The van der Waals surface area contributed by atoms with Crippen LogP contribution < -0.4 is 10.1 Å². The number of fused-ring (bicyclic) bond motifs is 3. The molecule has 132 valence electrons. The summed E-state index contributed by atoms with van der Waals surface area (Å²) in [6, 6.07) is 13.2. The van der Waals surface area contributed by atoms with E-state index in [9.17, 15) is 4.79 Å². The highest BCUT2D eigenvalue weighted by atomic mass is 16.5. The number of H-pyrrole nitrogens is 1. The zero-order chi connectivity index (χ0) is 18.1. The summed E-state index contributed by atoms with van der Waals surface area (Å²) in [5.74, 6) is 1.63. The number of carbonyl (C=O) groups is 1. The van der Waals surface area contributed by atoms with Gasteiger partial charge >= 0.3 is 5.97 Å². The van der Waals surface area contributed by atoms with Crippen LogP contribution >= 0.6 is 0 Å². The van der Waals surface area contributed by atoms with E-state index in [1.807, 2.05) is 47.0 Å². The fourth-order valence-electron chi connectivity index (χ4n) is 2.73.